The van der Waals surface area contributed by atoms with E-state index >= 15 is 0 Å². The first-order valence-corrected chi connectivity index (χ1v) is 12.3. The molecule has 0 bridgehead atoms. The molecule has 1 unspecified atom stereocenters. The summed E-state index contributed by atoms with van der Waals surface area (Å²) in [6, 6.07) is 8.13. The third-order valence-electron chi connectivity index (χ3n) is 5.93. The van der Waals surface area contributed by atoms with Crippen LogP contribution in [0.15, 0.2) is 40.0 Å². The Bertz CT molecular complexity index is 1310. The average Bonchev–Trinajstić information content (AvgIpc) is 3.35. The van der Waals surface area contributed by atoms with E-state index in [2.05, 4.69) is 10.1 Å². The van der Waals surface area contributed by atoms with Gasteiger partial charge in [0.05, 0.1) is 23.1 Å². The average molecular weight is 443 g/mol. The maximum absolute atomic E-state index is 13.0. The van der Waals surface area contributed by atoms with Crippen molar-refractivity contribution in [3.8, 4) is 0 Å². The summed E-state index contributed by atoms with van der Waals surface area (Å²) in [5, 5.41) is 3.16. The number of fused-ring (bicyclic) bond motifs is 1. The van der Waals surface area contributed by atoms with E-state index in [1.807, 2.05) is 24.8 Å². The van der Waals surface area contributed by atoms with Gasteiger partial charge < -0.3 is 4.90 Å². The molecule has 0 aliphatic carbocycles. The number of aromatic nitrogens is 3. The van der Waals surface area contributed by atoms with Crippen molar-refractivity contribution in [2.45, 2.75) is 50.5 Å². The predicted octanol–water partition coefficient (Wildman–Crippen LogP) is 2.20. The number of aromatic amines is 1. The van der Waals surface area contributed by atoms with E-state index in [0.717, 1.165) is 36.0 Å². The van der Waals surface area contributed by atoms with E-state index in [1.54, 1.807) is 12.1 Å². The normalized spacial score (nSPS) is 16.9. The highest BCUT2D eigenvalue weighted by molar-refractivity contribution is 7.90. The van der Waals surface area contributed by atoms with E-state index < -0.39 is 9.84 Å². The second-order valence-corrected chi connectivity index (χ2v) is 10.1. The first kappa shape index (κ1) is 21.3. The van der Waals surface area contributed by atoms with Crippen LogP contribution in [0.5, 0.6) is 0 Å². The van der Waals surface area contributed by atoms with E-state index in [1.165, 1.54) is 16.6 Å². The molecule has 1 amide bonds. The number of benzene rings is 1. The first-order chi connectivity index (χ1) is 14.7. The molecular weight excluding hydrogens is 416 g/mol. The van der Waals surface area contributed by atoms with Crippen LogP contribution >= 0.6 is 0 Å². The van der Waals surface area contributed by atoms with Gasteiger partial charge in [-0.25, -0.2) is 17.9 Å². The number of nitrogens with zero attached hydrogens (tertiary/aromatic N) is 3. The molecule has 9 heteroatoms. The largest absolute Gasteiger partial charge is 0.334 e. The van der Waals surface area contributed by atoms with Gasteiger partial charge in [-0.15, -0.1) is 0 Å². The van der Waals surface area contributed by atoms with E-state index in [4.69, 9.17) is 0 Å². The van der Waals surface area contributed by atoms with Crippen molar-refractivity contribution in [1.82, 2.24) is 19.5 Å². The van der Waals surface area contributed by atoms with E-state index in [0.29, 0.717) is 24.2 Å². The maximum Gasteiger partial charge on any atom is 0.276 e. The Morgan fingerprint density at radius 3 is 2.61 bits per heavy atom. The smallest absolute Gasteiger partial charge is 0.276 e. The summed E-state index contributed by atoms with van der Waals surface area (Å²) in [7, 11) is -3.27. The van der Waals surface area contributed by atoms with Gasteiger partial charge in [0, 0.05) is 30.1 Å². The fourth-order valence-corrected chi connectivity index (χ4v) is 4.92. The number of carbonyl (C=O) groups is 1. The Balaban J connectivity index is 1.58. The topological polar surface area (TPSA) is 105 Å². The van der Waals surface area contributed by atoms with Crippen LogP contribution in [-0.4, -0.2) is 46.6 Å². The third-order valence-corrected chi connectivity index (χ3v) is 7.06. The van der Waals surface area contributed by atoms with Gasteiger partial charge in [-0.3, -0.25) is 14.7 Å². The number of nitrogens with one attached hydrogen (secondary N) is 1. The molecule has 1 aromatic carbocycles. The van der Waals surface area contributed by atoms with Gasteiger partial charge in [0.2, 0.25) is 5.91 Å². The first-order valence-electron chi connectivity index (χ1n) is 10.4. The zero-order valence-electron chi connectivity index (χ0n) is 17.9. The summed E-state index contributed by atoms with van der Waals surface area (Å²) in [6.45, 7) is 4.41. The molecule has 1 fully saturated rings. The predicted molar refractivity (Wildman–Crippen MR) is 117 cm³/mol. The highest BCUT2D eigenvalue weighted by Crippen LogP contribution is 2.32. The highest BCUT2D eigenvalue weighted by Gasteiger charge is 2.31. The summed E-state index contributed by atoms with van der Waals surface area (Å²) >= 11 is 0. The van der Waals surface area contributed by atoms with Crippen molar-refractivity contribution in [3.05, 3.63) is 63.2 Å². The third kappa shape index (κ3) is 4.01. The number of amides is 1. The number of hydrogen-bond donors (Lipinski definition) is 1. The van der Waals surface area contributed by atoms with Gasteiger partial charge >= 0.3 is 0 Å². The summed E-state index contributed by atoms with van der Waals surface area (Å²) in [4.78, 5) is 32.4. The Kier molecular flexibility index (Phi) is 5.47. The van der Waals surface area contributed by atoms with Crippen LogP contribution in [0.1, 0.15) is 48.3 Å². The van der Waals surface area contributed by atoms with E-state index in [-0.39, 0.29) is 28.8 Å². The fourth-order valence-electron chi connectivity index (χ4n) is 4.29. The Morgan fingerprint density at radius 2 is 1.97 bits per heavy atom. The van der Waals surface area contributed by atoms with Crippen molar-refractivity contribution < 1.29 is 13.2 Å². The molecule has 0 saturated carbocycles. The van der Waals surface area contributed by atoms with Gasteiger partial charge in [0.1, 0.15) is 0 Å². The summed E-state index contributed by atoms with van der Waals surface area (Å²) in [6.07, 6.45) is 3.65. The number of rotatable bonds is 5. The van der Waals surface area contributed by atoms with Crippen molar-refractivity contribution in [2.75, 3.05) is 12.8 Å². The summed E-state index contributed by atoms with van der Waals surface area (Å²) in [5.41, 5.74) is 3.44. The minimum atomic E-state index is -3.27. The molecule has 1 aliphatic heterocycles. The Labute approximate surface area is 180 Å². The lowest BCUT2D eigenvalue weighted by Gasteiger charge is -2.24. The second-order valence-electron chi connectivity index (χ2n) is 8.08. The van der Waals surface area contributed by atoms with Crippen molar-refractivity contribution >= 4 is 21.4 Å². The molecule has 2 aromatic heterocycles. The van der Waals surface area contributed by atoms with Crippen LogP contribution in [-0.2, 0) is 27.5 Å². The lowest BCUT2D eigenvalue weighted by molar-refractivity contribution is -0.131. The van der Waals surface area contributed by atoms with Gasteiger partial charge in [0.25, 0.3) is 5.56 Å². The fraction of sp³-hybridized carbons (Fsp3) is 0.409. The van der Waals surface area contributed by atoms with Crippen LogP contribution < -0.4 is 5.56 Å². The molecule has 3 heterocycles. The number of H-pyrrole nitrogens is 1. The van der Waals surface area contributed by atoms with Crippen molar-refractivity contribution in [1.29, 1.82) is 0 Å². The zero-order valence-corrected chi connectivity index (χ0v) is 18.7. The van der Waals surface area contributed by atoms with Crippen molar-refractivity contribution in [2.24, 2.45) is 0 Å². The van der Waals surface area contributed by atoms with Crippen LogP contribution in [0, 0.1) is 6.92 Å². The van der Waals surface area contributed by atoms with Crippen LogP contribution in [0.4, 0.5) is 0 Å². The minimum Gasteiger partial charge on any atom is -0.334 e. The molecular formula is C22H26N4O4S. The Hall–Kier alpha value is -2.94. The highest BCUT2D eigenvalue weighted by atomic mass is 32.2. The summed E-state index contributed by atoms with van der Waals surface area (Å²) in [5.74, 6) is -0.0287. The molecule has 31 heavy (non-hydrogen) atoms. The number of sulfone groups is 1. The molecule has 1 saturated heterocycles. The molecule has 3 aromatic rings. The quantitative estimate of drug-likeness (QED) is 0.652. The minimum absolute atomic E-state index is 0.0287. The SMILES string of the molecule is CCc1c(C)nc2cc(C3CCCN3C(=O)Cc3ccc(S(C)(=O)=O)cc3)[nH]n2c1=O. The molecule has 1 aliphatic rings. The van der Waals surface area contributed by atoms with Gasteiger partial charge in [-0.1, -0.05) is 19.1 Å². The van der Waals surface area contributed by atoms with Crippen LogP contribution in [0.3, 0.4) is 0 Å². The lowest BCUT2D eigenvalue weighted by Crippen LogP contribution is -2.32. The molecule has 164 valence electrons. The molecule has 0 radical (unpaired) electrons. The molecule has 1 N–H and O–H groups in total. The lowest BCUT2D eigenvalue weighted by atomic mass is 10.1. The monoisotopic (exact) mass is 442 g/mol. The van der Waals surface area contributed by atoms with Gasteiger partial charge in [0.15, 0.2) is 15.5 Å². The molecule has 0 spiro atoms. The Morgan fingerprint density at radius 1 is 1.26 bits per heavy atom. The number of aryl methyl sites for hydroxylation is 1. The van der Waals surface area contributed by atoms with Crippen LogP contribution in [0.25, 0.3) is 5.65 Å². The molecule has 8 nitrogen and oxygen atoms in total. The number of carbonyl (C=O) groups excluding carboxylic acids is 1. The van der Waals surface area contributed by atoms with Gasteiger partial charge in [-0.05, 0) is 43.9 Å². The van der Waals surface area contributed by atoms with Crippen LogP contribution in [0.2, 0.25) is 0 Å². The molecule has 1 atom stereocenters. The van der Waals surface area contributed by atoms with Crippen molar-refractivity contribution in [3.63, 3.8) is 0 Å². The standard InChI is InChI=1S/C22H26N4O4S/c1-4-17-14(2)23-20-13-18(24-26(20)22(17)28)19-6-5-11-25(19)21(27)12-15-7-9-16(10-8-15)31(3,29)30/h7-10,13,19,24H,4-6,11-12H2,1-3H3. The summed E-state index contributed by atoms with van der Waals surface area (Å²) < 4.78 is 24.7. The van der Waals surface area contributed by atoms with Gasteiger partial charge in [-0.2, -0.15) is 0 Å². The maximum atomic E-state index is 13.0. The number of hydrogen-bond acceptors (Lipinski definition) is 5. The van der Waals surface area contributed by atoms with E-state index in [9.17, 15) is 18.0 Å². The number of likely N-dealkylation sites (tertiary alicyclic amines) is 1. The molecule has 4 rings (SSSR count). The zero-order chi connectivity index (χ0) is 22.3. The second kappa shape index (κ2) is 7.96.